The molecule has 0 radical (unpaired) electrons. The fourth-order valence-electron chi connectivity index (χ4n) is 3.20. The number of benzene rings is 1. The lowest BCUT2D eigenvalue weighted by Gasteiger charge is -2.39. The van der Waals surface area contributed by atoms with Gasteiger partial charge in [0.15, 0.2) is 5.96 Å². The van der Waals surface area contributed by atoms with Crippen molar-refractivity contribution in [3.63, 3.8) is 0 Å². The van der Waals surface area contributed by atoms with Gasteiger partial charge in [0, 0.05) is 38.3 Å². The third-order valence-electron chi connectivity index (χ3n) is 4.93. The molecule has 0 spiro atoms. The molecule has 2 aromatic rings. The van der Waals surface area contributed by atoms with E-state index in [1.807, 2.05) is 42.2 Å². The molecule has 6 nitrogen and oxygen atoms in total. The van der Waals surface area contributed by atoms with Gasteiger partial charge in [0.1, 0.15) is 18.0 Å². The number of hydrogen-bond acceptors (Lipinski definition) is 4. The second-order valence-corrected chi connectivity index (χ2v) is 6.92. The van der Waals surface area contributed by atoms with Crippen LogP contribution in [0.15, 0.2) is 46.0 Å². The van der Waals surface area contributed by atoms with E-state index in [-0.39, 0.29) is 24.0 Å². The summed E-state index contributed by atoms with van der Waals surface area (Å²) >= 11 is 0. The molecule has 1 saturated heterocycles. The molecule has 2 heterocycles. The van der Waals surface area contributed by atoms with Crippen molar-refractivity contribution >= 4 is 29.9 Å². The fraction of sp³-hybridized carbons (Fsp3) is 0.500. The van der Waals surface area contributed by atoms with Gasteiger partial charge < -0.3 is 14.6 Å². The molecule has 166 valence electrons. The lowest BCUT2D eigenvalue weighted by atomic mass is 10.2. The van der Waals surface area contributed by atoms with E-state index in [9.17, 15) is 13.2 Å². The van der Waals surface area contributed by atoms with Crippen LogP contribution in [-0.2, 0) is 6.54 Å². The maximum absolute atomic E-state index is 12.9. The molecule has 1 N–H and O–H groups in total. The number of alkyl halides is 3. The van der Waals surface area contributed by atoms with Crippen LogP contribution in [-0.4, -0.2) is 65.7 Å². The standard InChI is InChI=1S/C20H26F3N5O.HI/c1-3-24-19(28-11-9-27(10-12-28)15(2)20(21,22)23)25-13-17-14-29-18(26-17)16-7-5-4-6-8-16;/h4-8,14-15H,3,9-13H2,1-2H3,(H,24,25);1H. The number of halogens is 4. The summed E-state index contributed by atoms with van der Waals surface area (Å²) in [5.74, 6) is 1.21. The van der Waals surface area contributed by atoms with Crippen LogP contribution in [0.25, 0.3) is 11.5 Å². The summed E-state index contributed by atoms with van der Waals surface area (Å²) < 4.78 is 44.3. The number of rotatable bonds is 5. The predicted octanol–water partition coefficient (Wildman–Crippen LogP) is 3.99. The Hall–Kier alpha value is -1.82. The van der Waals surface area contributed by atoms with Gasteiger partial charge >= 0.3 is 6.18 Å². The van der Waals surface area contributed by atoms with Crippen molar-refractivity contribution < 1.29 is 17.6 Å². The Bertz CT molecular complexity index is 804. The average Bonchev–Trinajstić information content (AvgIpc) is 3.20. The van der Waals surface area contributed by atoms with E-state index in [1.165, 1.54) is 11.8 Å². The summed E-state index contributed by atoms with van der Waals surface area (Å²) in [4.78, 5) is 12.5. The molecule has 0 saturated carbocycles. The molecule has 1 aromatic heterocycles. The number of nitrogens with one attached hydrogen (secondary N) is 1. The number of aliphatic imine (C=N–C) groups is 1. The number of aromatic nitrogens is 1. The van der Waals surface area contributed by atoms with E-state index in [4.69, 9.17) is 4.42 Å². The van der Waals surface area contributed by atoms with Crippen LogP contribution < -0.4 is 5.32 Å². The summed E-state index contributed by atoms with van der Waals surface area (Å²) in [6, 6.07) is 8.17. The van der Waals surface area contributed by atoms with Gasteiger partial charge in [-0.25, -0.2) is 9.98 Å². The van der Waals surface area contributed by atoms with Gasteiger partial charge in [-0.2, -0.15) is 13.2 Å². The summed E-state index contributed by atoms with van der Waals surface area (Å²) in [6.07, 6.45) is -2.62. The number of oxazole rings is 1. The van der Waals surface area contributed by atoms with Crippen LogP contribution in [0.5, 0.6) is 0 Å². The molecule has 1 aliphatic heterocycles. The highest BCUT2D eigenvalue weighted by Gasteiger charge is 2.41. The summed E-state index contributed by atoms with van der Waals surface area (Å²) in [7, 11) is 0. The van der Waals surface area contributed by atoms with Gasteiger partial charge in [-0.3, -0.25) is 4.90 Å². The van der Waals surface area contributed by atoms with Crippen molar-refractivity contribution in [1.29, 1.82) is 0 Å². The van der Waals surface area contributed by atoms with Crippen LogP contribution in [0.1, 0.15) is 19.5 Å². The van der Waals surface area contributed by atoms with Crippen molar-refractivity contribution in [3.8, 4) is 11.5 Å². The number of nitrogens with zero attached hydrogens (tertiary/aromatic N) is 4. The molecule has 1 aliphatic rings. The highest BCUT2D eigenvalue weighted by atomic mass is 127. The lowest BCUT2D eigenvalue weighted by Crippen LogP contribution is -2.56. The van der Waals surface area contributed by atoms with Crippen molar-refractivity contribution in [1.82, 2.24) is 20.1 Å². The average molecular weight is 537 g/mol. The zero-order valence-electron chi connectivity index (χ0n) is 17.0. The van der Waals surface area contributed by atoms with Crippen molar-refractivity contribution in [2.75, 3.05) is 32.7 Å². The van der Waals surface area contributed by atoms with Crippen molar-refractivity contribution in [3.05, 3.63) is 42.3 Å². The van der Waals surface area contributed by atoms with E-state index < -0.39 is 12.2 Å². The first-order valence-corrected chi connectivity index (χ1v) is 9.72. The SMILES string of the molecule is CCNC(=NCc1coc(-c2ccccc2)n1)N1CCN(C(C)C(F)(F)F)CC1.I. The highest BCUT2D eigenvalue weighted by molar-refractivity contribution is 14.0. The maximum Gasteiger partial charge on any atom is 0.403 e. The minimum absolute atomic E-state index is 0. The molecule has 1 unspecified atom stereocenters. The van der Waals surface area contributed by atoms with Crippen LogP contribution in [0.3, 0.4) is 0 Å². The first-order valence-electron chi connectivity index (χ1n) is 9.72. The molecule has 0 bridgehead atoms. The molecule has 1 fully saturated rings. The topological polar surface area (TPSA) is 56.9 Å². The number of piperazine rings is 1. The third kappa shape index (κ3) is 6.34. The molecular weight excluding hydrogens is 510 g/mol. The molecule has 1 atom stereocenters. The van der Waals surface area contributed by atoms with Crippen LogP contribution in [0.4, 0.5) is 13.2 Å². The quantitative estimate of drug-likeness (QED) is 0.355. The van der Waals surface area contributed by atoms with Gasteiger partial charge in [0.25, 0.3) is 0 Å². The lowest BCUT2D eigenvalue weighted by molar-refractivity contribution is -0.181. The molecule has 0 amide bonds. The molecule has 30 heavy (non-hydrogen) atoms. The van der Waals surface area contributed by atoms with Gasteiger partial charge in [0.05, 0.1) is 6.54 Å². The van der Waals surface area contributed by atoms with E-state index in [1.54, 1.807) is 6.26 Å². The summed E-state index contributed by atoms with van der Waals surface area (Å²) in [5.41, 5.74) is 1.59. The van der Waals surface area contributed by atoms with Gasteiger partial charge in [-0.05, 0) is 26.0 Å². The maximum atomic E-state index is 12.9. The number of hydrogen-bond donors (Lipinski definition) is 1. The summed E-state index contributed by atoms with van der Waals surface area (Å²) in [5, 5.41) is 3.21. The van der Waals surface area contributed by atoms with Crippen LogP contribution in [0, 0.1) is 0 Å². The van der Waals surface area contributed by atoms with Gasteiger partial charge in [0.2, 0.25) is 5.89 Å². The molecule has 10 heteroatoms. The Labute approximate surface area is 191 Å². The van der Waals surface area contributed by atoms with Crippen LogP contribution in [0.2, 0.25) is 0 Å². The smallest absolute Gasteiger partial charge is 0.403 e. The fourth-order valence-corrected chi connectivity index (χ4v) is 3.20. The Morgan fingerprint density at radius 1 is 1.20 bits per heavy atom. The first kappa shape index (κ1) is 24.4. The highest BCUT2D eigenvalue weighted by Crippen LogP contribution is 2.25. The van der Waals surface area contributed by atoms with E-state index in [0.29, 0.717) is 56.8 Å². The number of guanidine groups is 1. The third-order valence-corrected chi connectivity index (χ3v) is 4.93. The molecule has 0 aliphatic carbocycles. The second-order valence-electron chi connectivity index (χ2n) is 6.92. The van der Waals surface area contributed by atoms with E-state index in [2.05, 4.69) is 15.3 Å². The van der Waals surface area contributed by atoms with Crippen molar-refractivity contribution in [2.24, 2.45) is 4.99 Å². The minimum atomic E-state index is -4.20. The Morgan fingerprint density at radius 3 is 2.47 bits per heavy atom. The van der Waals surface area contributed by atoms with Crippen LogP contribution >= 0.6 is 24.0 Å². The molecular formula is C20H27F3IN5O. The Morgan fingerprint density at radius 2 is 1.87 bits per heavy atom. The Balaban J connectivity index is 0.00000320. The summed E-state index contributed by atoms with van der Waals surface area (Å²) in [6.45, 7) is 5.83. The van der Waals surface area contributed by atoms with Gasteiger partial charge in [-0.15, -0.1) is 24.0 Å². The van der Waals surface area contributed by atoms with E-state index in [0.717, 1.165) is 5.56 Å². The normalized spacial score (nSPS) is 16.8. The predicted molar refractivity (Wildman–Crippen MR) is 121 cm³/mol. The monoisotopic (exact) mass is 537 g/mol. The first-order chi connectivity index (χ1) is 13.9. The van der Waals surface area contributed by atoms with Crippen molar-refractivity contribution in [2.45, 2.75) is 32.6 Å². The second kappa shape index (κ2) is 11.0. The minimum Gasteiger partial charge on any atom is -0.444 e. The van der Waals surface area contributed by atoms with E-state index >= 15 is 0 Å². The largest absolute Gasteiger partial charge is 0.444 e. The van der Waals surface area contributed by atoms with Gasteiger partial charge in [-0.1, -0.05) is 18.2 Å². The Kier molecular flexibility index (Phi) is 8.95. The molecule has 1 aromatic carbocycles. The zero-order valence-corrected chi connectivity index (χ0v) is 19.4. The zero-order chi connectivity index (χ0) is 20.9. The molecule has 3 rings (SSSR count).